The van der Waals surface area contributed by atoms with Crippen LogP contribution in [0.15, 0.2) is 15.8 Å². The van der Waals surface area contributed by atoms with Crippen molar-refractivity contribution in [3.05, 3.63) is 27.0 Å². The van der Waals surface area contributed by atoms with E-state index in [9.17, 15) is 9.59 Å². The van der Waals surface area contributed by atoms with Gasteiger partial charge in [0.1, 0.15) is 0 Å². The number of rotatable bonds is 2. The van der Waals surface area contributed by atoms with Gasteiger partial charge < -0.3 is 9.72 Å². The number of H-pyrrole nitrogens is 2. The highest BCUT2D eigenvalue weighted by Gasteiger charge is 2.02. The lowest BCUT2D eigenvalue weighted by Crippen LogP contribution is -2.24. The molecule has 0 unspecified atom stereocenters. The second-order valence-corrected chi connectivity index (χ2v) is 2.60. The Hall–Kier alpha value is -1.52. The maximum Gasteiger partial charge on any atom is 0.325 e. The van der Waals surface area contributed by atoms with Crippen LogP contribution in [0.3, 0.4) is 0 Å². The molecule has 0 fully saturated rings. The van der Waals surface area contributed by atoms with Crippen LogP contribution in [-0.4, -0.2) is 16.1 Å². The second kappa shape index (κ2) is 3.25. The van der Waals surface area contributed by atoms with Gasteiger partial charge in [-0.3, -0.25) is 9.78 Å². The first kappa shape index (κ1) is 8.58. The zero-order chi connectivity index (χ0) is 9.14. The summed E-state index contributed by atoms with van der Waals surface area (Å²) >= 11 is 0. The maximum absolute atomic E-state index is 11.0. The quantitative estimate of drug-likeness (QED) is 0.648. The molecule has 5 heteroatoms. The molecule has 0 bridgehead atoms. The van der Waals surface area contributed by atoms with Crippen molar-refractivity contribution in [1.29, 1.82) is 0 Å². The Morgan fingerprint density at radius 2 is 2.08 bits per heavy atom. The molecule has 0 saturated heterocycles. The molecule has 0 atom stereocenters. The van der Waals surface area contributed by atoms with Gasteiger partial charge in [-0.15, -0.1) is 0 Å². The first-order valence-corrected chi connectivity index (χ1v) is 3.58. The molecule has 0 radical (unpaired) electrons. The minimum atomic E-state index is -0.531. The van der Waals surface area contributed by atoms with Gasteiger partial charge in [-0.1, -0.05) is 0 Å². The lowest BCUT2D eigenvalue weighted by Gasteiger charge is -2.06. The SMILES string of the molecule is CC(C)Oc1c[nH]c(=O)[nH]c1=O. The molecule has 66 valence electrons. The Morgan fingerprint density at radius 3 is 2.58 bits per heavy atom. The summed E-state index contributed by atoms with van der Waals surface area (Å²) in [5.41, 5.74) is -1.04. The molecule has 0 spiro atoms. The molecule has 0 aliphatic rings. The van der Waals surface area contributed by atoms with Gasteiger partial charge in [0.2, 0.25) is 5.75 Å². The topological polar surface area (TPSA) is 75.0 Å². The number of ether oxygens (including phenoxy) is 1. The summed E-state index contributed by atoms with van der Waals surface area (Å²) < 4.78 is 5.09. The highest BCUT2D eigenvalue weighted by atomic mass is 16.5. The van der Waals surface area contributed by atoms with Gasteiger partial charge in [0.05, 0.1) is 12.3 Å². The monoisotopic (exact) mass is 170 g/mol. The van der Waals surface area contributed by atoms with Crippen molar-refractivity contribution < 1.29 is 4.74 Å². The summed E-state index contributed by atoms with van der Waals surface area (Å²) in [5.74, 6) is 0.129. The van der Waals surface area contributed by atoms with E-state index in [0.717, 1.165) is 0 Å². The Bertz CT molecular complexity index is 363. The summed E-state index contributed by atoms with van der Waals surface area (Å²) in [7, 11) is 0. The molecule has 12 heavy (non-hydrogen) atoms. The Labute approximate surface area is 68.4 Å². The molecule has 1 heterocycles. The smallest absolute Gasteiger partial charge is 0.325 e. The third-order valence-corrected chi connectivity index (χ3v) is 1.15. The van der Waals surface area contributed by atoms with E-state index in [-0.39, 0.29) is 11.9 Å². The average molecular weight is 170 g/mol. The summed E-state index contributed by atoms with van der Waals surface area (Å²) in [6.45, 7) is 3.59. The number of aromatic nitrogens is 2. The molecule has 0 aliphatic heterocycles. The van der Waals surface area contributed by atoms with Crippen LogP contribution in [0.25, 0.3) is 0 Å². The fraction of sp³-hybridized carbons (Fsp3) is 0.429. The van der Waals surface area contributed by atoms with E-state index < -0.39 is 11.2 Å². The van der Waals surface area contributed by atoms with Crippen molar-refractivity contribution >= 4 is 0 Å². The van der Waals surface area contributed by atoms with Crippen molar-refractivity contribution in [3.8, 4) is 5.75 Å². The zero-order valence-corrected chi connectivity index (χ0v) is 6.88. The van der Waals surface area contributed by atoms with Gasteiger partial charge in [0.25, 0.3) is 5.56 Å². The van der Waals surface area contributed by atoms with Gasteiger partial charge in [-0.25, -0.2) is 4.79 Å². The lowest BCUT2D eigenvalue weighted by molar-refractivity contribution is 0.237. The van der Waals surface area contributed by atoms with Crippen molar-refractivity contribution in [2.24, 2.45) is 0 Å². The molecule has 0 aliphatic carbocycles. The minimum absolute atomic E-state index is 0.0861. The number of hydrogen-bond donors (Lipinski definition) is 2. The van der Waals surface area contributed by atoms with Crippen molar-refractivity contribution in [2.75, 3.05) is 0 Å². The van der Waals surface area contributed by atoms with Crippen molar-refractivity contribution in [3.63, 3.8) is 0 Å². The van der Waals surface area contributed by atoms with Gasteiger partial charge >= 0.3 is 5.69 Å². The van der Waals surface area contributed by atoms with Crippen LogP contribution >= 0.6 is 0 Å². The molecule has 0 amide bonds. The normalized spacial score (nSPS) is 10.2. The summed E-state index contributed by atoms with van der Waals surface area (Å²) in [4.78, 5) is 25.9. The molecule has 2 N–H and O–H groups in total. The third-order valence-electron chi connectivity index (χ3n) is 1.15. The third kappa shape index (κ3) is 1.98. The van der Waals surface area contributed by atoms with Crippen molar-refractivity contribution in [1.82, 2.24) is 9.97 Å². The van der Waals surface area contributed by atoms with Gasteiger partial charge in [-0.05, 0) is 13.8 Å². The molecular weight excluding hydrogens is 160 g/mol. The average Bonchev–Trinajstić information content (AvgIpc) is 1.94. The molecule has 0 saturated carbocycles. The van der Waals surface area contributed by atoms with E-state index in [2.05, 4.69) is 9.97 Å². The predicted molar refractivity (Wildman–Crippen MR) is 43.4 cm³/mol. The number of hydrogen-bond acceptors (Lipinski definition) is 3. The minimum Gasteiger partial charge on any atom is -0.484 e. The van der Waals surface area contributed by atoms with Gasteiger partial charge in [0.15, 0.2) is 0 Å². The van der Waals surface area contributed by atoms with Gasteiger partial charge in [-0.2, -0.15) is 0 Å². The zero-order valence-electron chi connectivity index (χ0n) is 6.88. The van der Waals surface area contributed by atoms with Gasteiger partial charge in [0, 0.05) is 0 Å². The van der Waals surface area contributed by atoms with E-state index in [4.69, 9.17) is 4.74 Å². The Balaban J connectivity index is 3.02. The van der Waals surface area contributed by atoms with E-state index in [1.165, 1.54) is 6.20 Å². The fourth-order valence-corrected chi connectivity index (χ4v) is 0.739. The molecule has 1 aromatic rings. The number of aromatic amines is 2. The summed E-state index contributed by atoms with van der Waals surface area (Å²) in [5, 5.41) is 0. The van der Waals surface area contributed by atoms with Crippen LogP contribution in [0.2, 0.25) is 0 Å². The van der Waals surface area contributed by atoms with Crippen LogP contribution in [-0.2, 0) is 0 Å². The molecule has 1 aromatic heterocycles. The van der Waals surface area contributed by atoms with E-state index in [1.807, 2.05) is 0 Å². The van der Waals surface area contributed by atoms with E-state index in [1.54, 1.807) is 13.8 Å². The maximum atomic E-state index is 11.0. The second-order valence-electron chi connectivity index (χ2n) is 2.60. The first-order valence-electron chi connectivity index (χ1n) is 3.58. The Kier molecular flexibility index (Phi) is 2.32. The highest BCUT2D eigenvalue weighted by Crippen LogP contribution is 1.99. The largest absolute Gasteiger partial charge is 0.484 e. The van der Waals surface area contributed by atoms with Crippen LogP contribution < -0.4 is 16.0 Å². The van der Waals surface area contributed by atoms with Crippen LogP contribution in [0.4, 0.5) is 0 Å². The van der Waals surface area contributed by atoms with Crippen LogP contribution in [0.1, 0.15) is 13.8 Å². The summed E-state index contributed by atoms with van der Waals surface area (Å²) in [6.07, 6.45) is 1.17. The van der Waals surface area contributed by atoms with E-state index in [0.29, 0.717) is 0 Å². The first-order chi connectivity index (χ1) is 5.59. The molecular formula is C7H10N2O3. The van der Waals surface area contributed by atoms with Crippen LogP contribution in [0, 0.1) is 0 Å². The highest BCUT2D eigenvalue weighted by molar-refractivity contribution is 5.10. The van der Waals surface area contributed by atoms with Crippen LogP contribution in [0.5, 0.6) is 5.75 Å². The Morgan fingerprint density at radius 1 is 1.42 bits per heavy atom. The fourth-order valence-electron chi connectivity index (χ4n) is 0.739. The molecule has 0 aromatic carbocycles. The predicted octanol–water partition coefficient (Wildman–Crippen LogP) is -0.150. The number of nitrogens with one attached hydrogen (secondary N) is 2. The molecule has 5 nitrogen and oxygen atoms in total. The molecule has 1 rings (SSSR count). The van der Waals surface area contributed by atoms with E-state index >= 15 is 0 Å². The summed E-state index contributed by atoms with van der Waals surface area (Å²) in [6, 6.07) is 0. The standard InChI is InChI=1S/C7H10N2O3/c1-4(2)12-5-3-8-7(11)9-6(5)10/h3-4H,1-2H3,(H2,8,9,10,11). The van der Waals surface area contributed by atoms with Crippen molar-refractivity contribution in [2.45, 2.75) is 20.0 Å². The lowest BCUT2D eigenvalue weighted by atomic mass is 10.5.